The molecule has 2 amide bonds. The number of aromatic nitrogens is 1. The van der Waals surface area contributed by atoms with Crippen molar-refractivity contribution in [2.24, 2.45) is 0 Å². The van der Waals surface area contributed by atoms with Gasteiger partial charge in [-0.3, -0.25) is 9.59 Å². The quantitative estimate of drug-likeness (QED) is 0.195. The largest absolute Gasteiger partial charge is 0.507 e. The van der Waals surface area contributed by atoms with Crippen molar-refractivity contribution in [2.75, 3.05) is 12.4 Å². The van der Waals surface area contributed by atoms with E-state index in [0.717, 1.165) is 12.8 Å². The summed E-state index contributed by atoms with van der Waals surface area (Å²) in [5.41, 5.74) is 2.40. The summed E-state index contributed by atoms with van der Waals surface area (Å²) in [6, 6.07) is 24.2. The van der Waals surface area contributed by atoms with E-state index in [-0.39, 0.29) is 40.2 Å². The van der Waals surface area contributed by atoms with Crippen LogP contribution in [0.3, 0.4) is 0 Å². The van der Waals surface area contributed by atoms with Gasteiger partial charge in [0.15, 0.2) is 5.82 Å². The predicted molar refractivity (Wildman–Crippen MR) is 174 cm³/mol. The van der Waals surface area contributed by atoms with Gasteiger partial charge in [0, 0.05) is 39.4 Å². The van der Waals surface area contributed by atoms with Crippen LogP contribution >= 0.6 is 0 Å². The van der Waals surface area contributed by atoms with Crippen LogP contribution < -0.4 is 20.7 Å². The summed E-state index contributed by atoms with van der Waals surface area (Å²) in [6.07, 6.45) is 1.57. The first-order chi connectivity index (χ1) is 21.4. The molecule has 230 valence electrons. The highest BCUT2D eigenvalue weighted by atomic mass is 16.5. The Balaban J connectivity index is 1.55. The van der Waals surface area contributed by atoms with Crippen LogP contribution in [0, 0.1) is 11.3 Å². The highest BCUT2D eigenvalue weighted by Crippen LogP contribution is 2.36. The van der Waals surface area contributed by atoms with E-state index in [4.69, 9.17) is 4.74 Å². The monoisotopic (exact) mass is 603 g/mol. The number of hydrogen-bond acceptors (Lipinski definition) is 7. The van der Waals surface area contributed by atoms with E-state index >= 15 is 0 Å². The number of anilines is 1. The van der Waals surface area contributed by atoms with E-state index in [1.807, 2.05) is 0 Å². The number of nitrogens with one attached hydrogen (secondary N) is 3. The fourth-order valence-corrected chi connectivity index (χ4v) is 6.27. The second-order valence-corrected chi connectivity index (χ2v) is 12.6. The van der Waals surface area contributed by atoms with E-state index in [2.05, 4.69) is 54.7 Å². The van der Waals surface area contributed by atoms with Crippen LogP contribution in [-0.2, 0) is 0 Å². The topological polar surface area (TPSA) is 136 Å². The Morgan fingerprint density at radius 1 is 0.911 bits per heavy atom. The summed E-state index contributed by atoms with van der Waals surface area (Å²) in [7, 11) is 1.51. The van der Waals surface area contributed by atoms with Crippen molar-refractivity contribution in [1.82, 2.24) is 15.6 Å². The number of ether oxygens (including phenoxy) is 1. The van der Waals surface area contributed by atoms with Crippen molar-refractivity contribution < 1.29 is 19.4 Å². The molecule has 1 fully saturated rings. The SMILES string of the molecule is COc1cccc(C(=O)Nc2nc(-c3ccccc3O)cc(-c3cccc(C(=O)NC4CC(C)(C)NC(C)(C)C4)c3)c2C#N)c1. The Morgan fingerprint density at radius 2 is 1.58 bits per heavy atom. The van der Waals surface area contributed by atoms with Crippen LogP contribution in [0.25, 0.3) is 22.4 Å². The molecule has 0 radical (unpaired) electrons. The van der Waals surface area contributed by atoms with Crippen molar-refractivity contribution in [1.29, 1.82) is 5.26 Å². The van der Waals surface area contributed by atoms with Gasteiger partial charge in [-0.25, -0.2) is 4.98 Å². The number of nitriles is 1. The lowest BCUT2D eigenvalue weighted by Gasteiger charge is -2.46. The number of benzene rings is 3. The lowest BCUT2D eigenvalue weighted by Crippen LogP contribution is -2.62. The van der Waals surface area contributed by atoms with Gasteiger partial charge in [-0.15, -0.1) is 0 Å². The molecule has 1 aliphatic rings. The predicted octanol–water partition coefficient (Wildman–Crippen LogP) is 6.29. The Kier molecular flexibility index (Phi) is 8.62. The van der Waals surface area contributed by atoms with Gasteiger partial charge in [0.05, 0.1) is 12.8 Å². The molecule has 0 atom stereocenters. The smallest absolute Gasteiger partial charge is 0.256 e. The number of methoxy groups -OCH3 is 1. The molecule has 0 unspecified atom stereocenters. The second kappa shape index (κ2) is 12.4. The van der Waals surface area contributed by atoms with Gasteiger partial charge in [0.25, 0.3) is 11.8 Å². The third kappa shape index (κ3) is 7.14. The fraction of sp³-hybridized carbons (Fsp3) is 0.278. The first-order valence-electron chi connectivity index (χ1n) is 14.8. The number of phenolic OH excluding ortho intramolecular Hbond substituents is 1. The molecule has 2 heterocycles. The highest BCUT2D eigenvalue weighted by molar-refractivity contribution is 6.05. The Labute approximate surface area is 263 Å². The second-order valence-electron chi connectivity index (χ2n) is 12.6. The molecule has 5 rings (SSSR count). The van der Waals surface area contributed by atoms with Gasteiger partial charge < -0.3 is 25.8 Å². The zero-order valence-electron chi connectivity index (χ0n) is 26.1. The first kappa shape index (κ1) is 31.2. The lowest BCUT2D eigenvalue weighted by molar-refractivity contribution is 0.0872. The average molecular weight is 604 g/mol. The van der Waals surface area contributed by atoms with Crippen LogP contribution in [0.2, 0.25) is 0 Å². The molecule has 0 bridgehead atoms. The lowest BCUT2D eigenvalue weighted by atomic mass is 9.79. The van der Waals surface area contributed by atoms with E-state index < -0.39 is 5.91 Å². The van der Waals surface area contributed by atoms with Crippen molar-refractivity contribution >= 4 is 17.6 Å². The molecule has 4 N–H and O–H groups in total. The molecule has 0 spiro atoms. The third-order valence-electron chi connectivity index (χ3n) is 7.84. The average Bonchev–Trinajstić information content (AvgIpc) is 2.99. The van der Waals surface area contributed by atoms with Crippen LogP contribution in [0.4, 0.5) is 5.82 Å². The number of carbonyl (C=O) groups is 2. The molecule has 9 heteroatoms. The molecule has 45 heavy (non-hydrogen) atoms. The van der Waals surface area contributed by atoms with E-state index in [0.29, 0.717) is 39.3 Å². The summed E-state index contributed by atoms with van der Waals surface area (Å²) in [4.78, 5) is 31.4. The molecular formula is C36H37N5O4. The number of aromatic hydroxyl groups is 1. The number of phenols is 1. The number of para-hydroxylation sites is 1. The molecule has 1 aliphatic heterocycles. The minimum atomic E-state index is -0.487. The first-order valence-corrected chi connectivity index (χ1v) is 14.8. The number of carbonyl (C=O) groups excluding carboxylic acids is 2. The van der Waals surface area contributed by atoms with Crippen LogP contribution in [0.5, 0.6) is 11.5 Å². The Morgan fingerprint density at radius 3 is 2.24 bits per heavy atom. The zero-order valence-corrected chi connectivity index (χ0v) is 26.1. The normalized spacial score (nSPS) is 15.5. The van der Waals surface area contributed by atoms with Gasteiger partial charge in [0.1, 0.15) is 23.1 Å². The number of rotatable bonds is 7. The highest BCUT2D eigenvalue weighted by Gasteiger charge is 2.38. The number of hydrogen-bond donors (Lipinski definition) is 4. The van der Waals surface area contributed by atoms with Gasteiger partial charge in [-0.1, -0.05) is 30.3 Å². The van der Waals surface area contributed by atoms with Crippen LogP contribution in [-0.4, -0.2) is 46.1 Å². The maximum Gasteiger partial charge on any atom is 0.256 e. The molecule has 9 nitrogen and oxygen atoms in total. The number of amides is 2. The molecule has 0 aliphatic carbocycles. The maximum atomic E-state index is 13.5. The van der Waals surface area contributed by atoms with E-state index in [9.17, 15) is 20.0 Å². The van der Waals surface area contributed by atoms with Gasteiger partial charge in [0.2, 0.25) is 0 Å². The minimum absolute atomic E-state index is 0.00771. The summed E-state index contributed by atoms with van der Waals surface area (Å²) in [5.74, 6) is -0.178. The summed E-state index contributed by atoms with van der Waals surface area (Å²) in [6.45, 7) is 8.53. The number of nitrogens with zero attached hydrogens (tertiary/aromatic N) is 2. The minimum Gasteiger partial charge on any atom is -0.507 e. The van der Waals surface area contributed by atoms with E-state index in [1.165, 1.54) is 13.2 Å². The molecular weight excluding hydrogens is 566 g/mol. The Hall–Kier alpha value is -5.20. The van der Waals surface area contributed by atoms with Crippen molar-refractivity contribution in [3.05, 3.63) is 95.6 Å². The van der Waals surface area contributed by atoms with Crippen molar-refractivity contribution in [2.45, 2.75) is 57.7 Å². The molecule has 1 saturated heterocycles. The Bertz CT molecular complexity index is 1790. The standard InChI is InChI=1S/C36H37N5O4/c1-35(2)19-25(20-36(3,4)41-35)38-33(43)23-11-8-10-22(16-23)28-18-30(27-14-6-7-15-31(27)42)39-32(29(28)21-37)40-34(44)24-12-9-13-26(17-24)45-5/h6-18,25,41-42H,19-20H2,1-5H3,(H,38,43)(H,39,40,44). The number of piperidine rings is 1. The fourth-order valence-electron chi connectivity index (χ4n) is 6.27. The molecule has 4 aromatic rings. The van der Waals surface area contributed by atoms with E-state index in [1.54, 1.807) is 72.8 Å². The van der Waals surface area contributed by atoms with Gasteiger partial charge in [-0.2, -0.15) is 5.26 Å². The van der Waals surface area contributed by atoms with Gasteiger partial charge >= 0.3 is 0 Å². The summed E-state index contributed by atoms with van der Waals surface area (Å²) < 4.78 is 5.25. The third-order valence-corrected chi connectivity index (χ3v) is 7.84. The van der Waals surface area contributed by atoms with Crippen LogP contribution in [0.15, 0.2) is 78.9 Å². The summed E-state index contributed by atoms with van der Waals surface area (Å²) >= 11 is 0. The molecule has 0 saturated carbocycles. The number of pyridine rings is 1. The van der Waals surface area contributed by atoms with Crippen molar-refractivity contribution in [3.63, 3.8) is 0 Å². The molecule has 3 aromatic carbocycles. The van der Waals surface area contributed by atoms with Gasteiger partial charge in [-0.05, 0) is 94.6 Å². The zero-order chi connectivity index (χ0) is 32.4. The van der Waals surface area contributed by atoms with Crippen LogP contribution in [0.1, 0.15) is 66.8 Å². The van der Waals surface area contributed by atoms with Crippen molar-refractivity contribution in [3.8, 4) is 40.0 Å². The summed E-state index contributed by atoms with van der Waals surface area (Å²) in [5, 5.41) is 30.6. The maximum absolute atomic E-state index is 13.5. The molecule has 1 aromatic heterocycles.